The van der Waals surface area contributed by atoms with E-state index in [4.69, 9.17) is 5.11 Å². The lowest BCUT2D eigenvalue weighted by molar-refractivity contribution is -0.161. The third-order valence-electron chi connectivity index (χ3n) is 4.09. The number of aliphatic carboxylic acids is 1. The molecule has 2 N–H and O–H groups in total. The van der Waals surface area contributed by atoms with E-state index < -0.39 is 17.0 Å². The van der Waals surface area contributed by atoms with E-state index in [0.717, 1.165) is 0 Å². The van der Waals surface area contributed by atoms with Crippen LogP contribution in [0.1, 0.15) is 32.6 Å². The standard InChI is InChI=1S/C11H17NO4/c1-8(13)12-6-4-11(16,5-7-12)10(2-3-10)9(14)15/h16H,2-7H2,1H3,(H,14,15). The molecule has 1 aliphatic heterocycles. The first kappa shape index (κ1) is 11.4. The van der Waals surface area contributed by atoms with Crippen LogP contribution >= 0.6 is 0 Å². The number of carboxylic acid groups (broad SMARTS) is 1. The summed E-state index contributed by atoms with van der Waals surface area (Å²) in [6.45, 7) is 2.41. The molecule has 0 radical (unpaired) electrons. The van der Waals surface area contributed by atoms with E-state index >= 15 is 0 Å². The molecular formula is C11H17NO4. The number of carboxylic acids is 1. The molecule has 0 aromatic rings. The highest BCUT2D eigenvalue weighted by molar-refractivity contribution is 5.80. The van der Waals surface area contributed by atoms with Crippen molar-refractivity contribution in [1.29, 1.82) is 0 Å². The van der Waals surface area contributed by atoms with Crippen LogP contribution in [0, 0.1) is 5.41 Å². The van der Waals surface area contributed by atoms with Crippen molar-refractivity contribution in [3.63, 3.8) is 0 Å². The summed E-state index contributed by atoms with van der Waals surface area (Å²) in [5.74, 6) is -0.909. The van der Waals surface area contributed by atoms with Crippen molar-refractivity contribution in [3.8, 4) is 0 Å². The van der Waals surface area contributed by atoms with Gasteiger partial charge in [-0.25, -0.2) is 0 Å². The molecule has 5 nitrogen and oxygen atoms in total. The first-order chi connectivity index (χ1) is 7.41. The van der Waals surface area contributed by atoms with Crippen LogP contribution in [0.15, 0.2) is 0 Å². The van der Waals surface area contributed by atoms with Gasteiger partial charge in [-0.15, -0.1) is 0 Å². The van der Waals surface area contributed by atoms with Crippen molar-refractivity contribution in [1.82, 2.24) is 4.90 Å². The topological polar surface area (TPSA) is 77.8 Å². The Labute approximate surface area is 94.0 Å². The molecule has 5 heteroatoms. The highest BCUT2D eigenvalue weighted by atomic mass is 16.4. The van der Waals surface area contributed by atoms with Gasteiger partial charge in [0, 0.05) is 20.0 Å². The molecule has 2 aliphatic rings. The summed E-state index contributed by atoms with van der Waals surface area (Å²) in [4.78, 5) is 24.0. The summed E-state index contributed by atoms with van der Waals surface area (Å²) in [6.07, 6.45) is 1.86. The Morgan fingerprint density at radius 3 is 1.94 bits per heavy atom. The van der Waals surface area contributed by atoms with Gasteiger partial charge in [0.25, 0.3) is 0 Å². The molecule has 16 heavy (non-hydrogen) atoms. The monoisotopic (exact) mass is 227 g/mol. The maximum absolute atomic E-state index is 11.2. The van der Waals surface area contributed by atoms with Crippen LogP contribution in [-0.4, -0.2) is 45.7 Å². The fraction of sp³-hybridized carbons (Fsp3) is 0.818. The summed E-state index contributed by atoms with van der Waals surface area (Å²) >= 11 is 0. The average Bonchev–Trinajstić information content (AvgIpc) is 2.98. The molecule has 2 rings (SSSR count). The molecule has 0 aromatic carbocycles. The van der Waals surface area contributed by atoms with E-state index in [1.165, 1.54) is 6.92 Å². The molecule has 1 saturated carbocycles. The van der Waals surface area contributed by atoms with E-state index in [-0.39, 0.29) is 5.91 Å². The van der Waals surface area contributed by atoms with Crippen molar-refractivity contribution in [2.24, 2.45) is 5.41 Å². The van der Waals surface area contributed by atoms with E-state index in [9.17, 15) is 14.7 Å². The number of hydrogen-bond donors (Lipinski definition) is 2. The average molecular weight is 227 g/mol. The van der Waals surface area contributed by atoms with Gasteiger partial charge in [-0.3, -0.25) is 9.59 Å². The second-order valence-electron chi connectivity index (χ2n) is 4.92. The third kappa shape index (κ3) is 1.50. The lowest BCUT2D eigenvalue weighted by Crippen LogP contribution is -2.53. The molecule has 0 spiro atoms. The molecule has 2 fully saturated rings. The van der Waals surface area contributed by atoms with Crippen molar-refractivity contribution < 1.29 is 19.8 Å². The van der Waals surface area contributed by atoms with Gasteiger partial charge in [-0.1, -0.05) is 0 Å². The van der Waals surface area contributed by atoms with E-state index in [0.29, 0.717) is 38.8 Å². The molecule has 0 atom stereocenters. The minimum absolute atomic E-state index is 0.0118. The van der Waals surface area contributed by atoms with E-state index in [1.807, 2.05) is 0 Å². The molecule has 1 amide bonds. The van der Waals surface area contributed by atoms with Gasteiger partial charge in [0.15, 0.2) is 0 Å². The SMILES string of the molecule is CC(=O)N1CCC(O)(C2(C(=O)O)CC2)CC1. The number of piperidine rings is 1. The molecule has 90 valence electrons. The Kier molecular flexibility index (Phi) is 2.45. The lowest BCUT2D eigenvalue weighted by Gasteiger charge is -2.41. The van der Waals surface area contributed by atoms with Crippen molar-refractivity contribution in [2.45, 2.75) is 38.2 Å². The largest absolute Gasteiger partial charge is 0.481 e. The second kappa shape index (κ2) is 3.45. The van der Waals surface area contributed by atoms with Crippen LogP contribution < -0.4 is 0 Å². The summed E-state index contributed by atoms with van der Waals surface area (Å²) in [5.41, 5.74) is -2.05. The summed E-state index contributed by atoms with van der Waals surface area (Å²) in [7, 11) is 0. The predicted molar refractivity (Wildman–Crippen MR) is 55.7 cm³/mol. The zero-order valence-electron chi connectivity index (χ0n) is 9.40. The fourth-order valence-corrected chi connectivity index (χ4v) is 2.67. The van der Waals surface area contributed by atoms with Crippen LogP contribution in [0.2, 0.25) is 0 Å². The van der Waals surface area contributed by atoms with E-state index in [2.05, 4.69) is 0 Å². The molecule has 0 aromatic heterocycles. The number of carbonyl (C=O) groups is 2. The van der Waals surface area contributed by atoms with Crippen molar-refractivity contribution >= 4 is 11.9 Å². The Morgan fingerprint density at radius 2 is 1.62 bits per heavy atom. The number of nitrogens with zero attached hydrogens (tertiary/aromatic N) is 1. The highest BCUT2D eigenvalue weighted by Crippen LogP contribution is 2.57. The number of amides is 1. The lowest BCUT2D eigenvalue weighted by atomic mass is 9.76. The van der Waals surface area contributed by atoms with Crippen LogP contribution in [0.3, 0.4) is 0 Å². The summed E-state index contributed by atoms with van der Waals surface area (Å²) in [5, 5.41) is 19.6. The van der Waals surface area contributed by atoms with Gasteiger partial charge in [0.1, 0.15) is 0 Å². The summed E-state index contributed by atoms with van der Waals surface area (Å²) in [6, 6.07) is 0. The first-order valence-corrected chi connectivity index (χ1v) is 5.63. The van der Waals surface area contributed by atoms with Gasteiger partial charge in [0.05, 0.1) is 11.0 Å². The smallest absolute Gasteiger partial charge is 0.312 e. The van der Waals surface area contributed by atoms with Gasteiger partial charge in [-0.05, 0) is 25.7 Å². The Bertz CT molecular complexity index is 327. The number of hydrogen-bond acceptors (Lipinski definition) is 3. The zero-order chi connectivity index (χ0) is 12.0. The predicted octanol–water partition coefficient (Wildman–Crippen LogP) is 0.225. The minimum atomic E-state index is -1.12. The van der Waals surface area contributed by atoms with Crippen LogP contribution in [-0.2, 0) is 9.59 Å². The Balaban J connectivity index is 2.07. The molecular weight excluding hydrogens is 210 g/mol. The number of likely N-dealkylation sites (tertiary alicyclic amines) is 1. The Morgan fingerprint density at radius 1 is 1.12 bits per heavy atom. The van der Waals surface area contributed by atoms with Crippen LogP contribution in [0.5, 0.6) is 0 Å². The van der Waals surface area contributed by atoms with Crippen LogP contribution in [0.4, 0.5) is 0 Å². The minimum Gasteiger partial charge on any atom is -0.481 e. The van der Waals surface area contributed by atoms with Gasteiger partial charge in [-0.2, -0.15) is 0 Å². The van der Waals surface area contributed by atoms with Gasteiger partial charge in [0.2, 0.25) is 5.91 Å². The van der Waals surface area contributed by atoms with Crippen molar-refractivity contribution in [2.75, 3.05) is 13.1 Å². The highest BCUT2D eigenvalue weighted by Gasteiger charge is 2.64. The van der Waals surface area contributed by atoms with Gasteiger partial charge < -0.3 is 15.1 Å². The third-order valence-corrected chi connectivity index (χ3v) is 4.09. The molecule has 1 aliphatic carbocycles. The maximum Gasteiger partial charge on any atom is 0.312 e. The molecule has 0 bridgehead atoms. The van der Waals surface area contributed by atoms with Gasteiger partial charge >= 0.3 is 5.97 Å². The van der Waals surface area contributed by atoms with E-state index in [1.54, 1.807) is 4.90 Å². The molecule has 0 unspecified atom stereocenters. The quantitative estimate of drug-likeness (QED) is 0.707. The molecule has 1 heterocycles. The van der Waals surface area contributed by atoms with Crippen LogP contribution in [0.25, 0.3) is 0 Å². The Hall–Kier alpha value is -1.10. The number of rotatable bonds is 2. The van der Waals surface area contributed by atoms with Crippen molar-refractivity contribution in [3.05, 3.63) is 0 Å². The number of carbonyl (C=O) groups excluding carboxylic acids is 1. The fourth-order valence-electron chi connectivity index (χ4n) is 2.67. The second-order valence-corrected chi connectivity index (χ2v) is 4.92. The maximum atomic E-state index is 11.2. The molecule has 1 saturated heterocycles. The zero-order valence-corrected chi connectivity index (χ0v) is 9.40. The number of aliphatic hydroxyl groups is 1. The normalized spacial score (nSPS) is 26.2. The summed E-state index contributed by atoms with van der Waals surface area (Å²) < 4.78 is 0. The first-order valence-electron chi connectivity index (χ1n) is 5.63.